The molecule has 1 aliphatic rings. The number of imidazole rings is 1. The van der Waals surface area contributed by atoms with E-state index < -0.39 is 5.82 Å². The van der Waals surface area contributed by atoms with E-state index in [1.165, 1.54) is 6.07 Å². The average molecular weight is 341 g/mol. The van der Waals surface area contributed by atoms with E-state index in [1.54, 1.807) is 36.2 Å². The Morgan fingerprint density at radius 3 is 3.00 bits per heavy atom. The molecule has 2 amide bonds. The molecule has 0 fully saturated rings. The number of rotatable bonds is 2. The minimum atomic E-state index is -0.400. The third-order valence-corrected chi connectivity index (χ3v) is 4.30. The first-order valence-electron chi connectivity index (χ1n) is 7.90. The first kappa shape index (κ1) is 15.4. The van der Waals surface area contributed by atoms with Gasteiger partial charge in [-0.25, -0.2) is 14.2 Å². The van der Waals surface area contributed by atoms with Gasteiger partial charge in [-0.05, 0) is 19.1 Å². The van der Waals surface area contributed by atoms with Crippen LogP contribution in [0.1, 0.15) is 11.4 Å². The Morgan fingerprint density at radius 1 is 1.32 bits per heavy atom. The van der Waals surface area contributed by atoms with Gasteiger partial charge < -0.3 is 14.0 Å². The van der Waals surface area contributed by atoms with E-state index in [9.17, 15) is 9.18 Å². The maximum absolute atomic E-state index is 13.9. The fourth-order valence-corrected chi connectivity index (χ4v) is 2.88. The Hall–Kier alpha value is -3.16. The van der Waals surface area contributed by atoms with Crippen LogP contribution in [-0.4, -0.2) is 32.2 Å². The van der Waals surface area contributed by atoms with Gasteiger partial charge in [0, 0.05) is 31.0 Å². The molecular weight excluding hydrogens is 325 g/mol. The summed E-state index contributed by atoms with van der Waals surface area (Å²) >= 11 is 0. The lowest BCUT2D eigenvalue weighted by Gasteiger charge is -2.27. The van der Waals surface area contributed by atoms with Crippen molar-refractivity contribution < 1.29 is 13.7 Å². The number of anilines is 1. The van der Waals surface area contributed by atoms with E-state index in [2.05, 4.69) is 15.5 Å². The summed E-state index contributed by atoms with van der Waals surface area (Å²) in [7, 11) is 0. The van der Waals surface area contributed by atoms with Gasteiger partial charge in [0.25, 0.3) is 0 Å². The molecule has 0 atom stereocenters. The van der Waals surface area contributed by atoms with E-state index in [4.69, 9.17) is 4.52 Å². The summed E-state index contributed by atoms with van der Waals surface area (Å²) in [5.41, 5.74) is 0.893. The van der Waals surface area contributed by atoms with E-state index >= 15 is 0 Å². The van der Waals surface area contributed by atoms with Gasteiger partial charge in [0.15, 0.2) is 11.6 Å². The number of fused-ring (bicyclic) bond motifs is 1. The van der Waals surface area contributed by atoms with Gasteiger partial charge in [-0.1, -0.05) is 17.3 Å². The Bertz CT molecular complexity index is 933. The zero-order chi connectivity index (χ0) is 17.4. The predicted molar refractivity (Wildman–Crippen MR) is 88.3 cm³/mol. The minimum Gasteiger partial charge on any atom is -0.354 e. The topological polar surface area (TPSA) is 76.2 Å². The smallest absolute Gasteiger partial charge is 0.323 e. The van der Waals surface area contributed by atoms with Crippen LogP contribution in [0, 0.1) is 12.7 Å². The molecule has 0 saturated carbocycles. The maximum atomic E-state index is 13.9. The highest BCUT2D eigenvalue weighted by molar-refractivity contribution is 5.90. The van der Waals surface area contributed by atoms with Gasteiger partial charge >= 0.3 is 6.03 Å². The zero-order valence-corrected chi connectivity index (χ0v) is 13.6. The van der Waals surface area contributed by atoms with Crippen molar-refractivity contribution in [3.8, 4) is 11.3 Å². The second-order valence-corrected chi connectivity index (χ2v) is 5.85. The molecule has 0 bridgehead atoms. The Kier molecular flexibility index (Phi) is 3.72. The minimum absolute atomic E-state index is 0.286. The molecular formula is C17H16FN5O2. The van der Waals surface area contributed by atoms with Crippen LogP contribution in [0.3, 0.4) is 0 Å². The number of carbonyl (C=O) groups is 1. The number of hydrogen-bond acceptors (Lipinski definition) is 4. The number of amides is 2. The molecule has 8 heteroatoms. The molecule has 3 aromatic rings. The zero-order valence-electron chi connectivity index (χ0n) is 13.6. The SMILES string of the molecule is Cc1c(NC(=O)N2CCn3ccnc3C2)noc1-c1ccccc1F. The molecule has 1 aliphatic heterocycles. The number of aromatic nitrogens is 3. The van der Waals surface area contributed by atoms with E-state index in [0.717, 1.165) is 5.82 Å². The number of nitrogens with one attached hydrogen (secondary N) is 1. The monoisotopic (exact) mass is 341 g/mol. The van der Waals surface area contributed by atoms with Crippen molar-refractivity contribution in [1.82, 2.24) is 19.6 Å². The van der Waals surface area contributed by atoms with Crippen molar-refractivity contribution in [2.24, 2.45) is 0 Å². The van der Waals surface area contributed by atoms with Crippen molar-refractivity contribution in [3.05, 3.63) is 53.9 Å². The molecule has 0 saturated heterocycles. The van der Waals surface area contributed by atoms with Gasteiger partial charge in [-0.3, -0.25) is 5.32 Å². The highest BCUT2D eigenvalue weighted by Crippen LogP contribution is 2.30. The number of carbonyl (C=O) groups excluding carboxylic acids is 1. The molecule has 1 aromatic carbocycles. The largest absolute Gasteiger partial charge is 0.354 e. The van der Waals surface area contributed by atoms with Crippen molar-refractivity contribution >= 4 is 11.8 Å². The lowest BCUT2D eigenvalue weighted by molar-refractivity contribution is 0.195. The molecule has 0 aliphatic carbocycles. The lowest BCUT2D eigenvalue weighted by atomic mass is 10.1. The summed E-state index contributed by atoms with van der Waals surface area (Å²) in [5.74, 6) is 1.03. The van der Waals surface area contributed by atoms with Gasteiger partial charge in [0.2, 0.25) is 0 Å². The summed E-state index contributed by atoms with van der Waals surface area (Å²) in [4.78, 5) is 18.4. The molecule has 0 unspecified atom stereocenters. The normalized spacial score (nSPS) is 13.6. The molecule has 4 rings (SSSR count). The summed E-state index contributed by atoms with van der Waals surface area (Å²) in [6, 6.07) is 6.00. The van der Waals surface area contributed by atoms with E-state index in [0.29, 0.717) is 36.5 Å². The quantitative estimate of drug-likeness (QED) is 0.777. The fraction of sp³-hybridized carbons (Fsp3) is 0.235. The van der Waals surface area contributed by atoms with Crippen LogP contribution in [-0.2, 0) is 13.1 Å². The second kappa shape index (κ2) is 6.04. The maximum Gasteiger partial charge on any atom is 0.323 e. The molecule has 2 aromatic heterocycles. The van der Waals surface area contributed by atoms with Crippen molar-refractivity contribution in [2.75, 3.05) is 11.9 Å². The second-order valence-electron chi connectivity index (χ2n) is 5.85. The van der Waals surface area contributed by atoms with Gasteiger partial charge in [0.1, 0.15) is 11.6 Å². The molecule has 7 nitrogen and oxygen atoms in total. The fourth-order valence-electron chi connectivity index (χ4n) is 2.88. The molecule has 1 N–H and O–H groups in total. The van der Waals surface area contributed by atoms with Gasteiger partial charge in [0.05, 0.1) is 12.1 Å². The van der Waals surface area contributed by atoms with Crippen molar-refractivity contribution in [2.45, 2.75) is 20.0 Å². The Morgan fingerprint density at radius 2 is 2.16 bits per heavy atom. The highest BCUT2D eigenvalue weighted by atomic mass is 19.1. The molecule has 128 valence electrons. The average Bonchev–Trinajstić information content (AvgIpc) is 3.22. The number of urea groups is 1. The van der Waals surface area contributed by atoms with Gasteiger partial charge in [-0.2, -0.15) is 0 Å². The van der Waals surface area contributed by atoms with Crippen LogP contribution in [0.4, 0.5) is 15.0 Å². The number of nitrogens with zero attached hydrogens (tertiary/aromatic N) is 4. The highest BCUT2D eigenvalue weighted by Gasteiger charge is 2.24. The third-order valence-electron chi connectivity index (χ3n) is 4.30. The van der Waals surface area contributed by atoms with Crippen molar-refractivity contribution in [3.63, 3.8) is 0 Å². The molecule has 0 radical (unpaired) electrons. The van der Waals surface area contributed by atoms with Crippen LogP contribution in [0.2, 0.25) is 0 Å². The van der Waals surface area contributed by atoms with Gasteiger partial charge in [-0.15, -0.1) is 0 Å². The summed E-state index contributed by atoms with van der Waals surface area (Å²) < 4.78 is 21.2. The summed E-state index contributed by atoms with van der Waals surface area (Å²) in [6.07, 6.45) is 3.62. The van der Waals surface area contributed by atoms with Crippen LogP contribution >= 0.6 is 0 Å². The Balaban J connectivity index is 1.52. The number of hydrogen-bond donors (Lipinski definition) is 1. The third kappa shape index (κ3) is 2.75. The summed E-state index contributed by atoms with van der Waals surface area (Å²) in [6.45, 7) is 3.43. The van der Waals surface area contributed by atoms with E-state index in [-0.39, 0.29) is 11.8 Å². The number of halogens is 1. The standard InChI is InChI=1S/C17H16FN5O2/c1-11-15(12-4-2-3-5-13(12)18)25-21-16(11)20-17(24)23-9-8-22-7-6-19-14(22)10-23/h2-7H,8-10H2,1H3,(H,20,21,24). The van der Waals surface area contributed by atoms with Crippen LogP contribution in [0.15, 0.2) is 41.2 Å². The molecule has 25 heavy (non-hydrogen) atoms. The Labute approximate surface area is 143 Å². The number of benzene rings is 1. The lowest BCUT2D eigenvalue weighted by Crippen LogP contribution is -2.40. The first-order valence-corrected chi connectivity index (χ1v) is 7.90. The van der Waals surface area contributed by atoms with Crippen LogP contribution in [0.25, 0.3) is 11.3 Å². The first-order chi connectivity index (χ1) is 12.1. The van der Waals surface area contributed by atoms with Crippen molar-refractivity contribution in [1.29, 1.82) is 0 Å². The molecule has 0 spiro atoms. The van der Waals surface area contributed by atoms with Crippen LogP contribution in [0.5, 0.6) is 0 Å². The molecule has 3 heterocycles. The summed E-state index contributed by atoms with van der Waals surface area (Å²) in [5, 5.41) is 6.62. The van der Waals surface area contributed by atoms with E-state index in [1.807, 2.05) is 10.8 Å². The predicted octanol–water partition coefficient (Wildman–Crippen LogP) is 3.03. The van der Waals surface area contributed by atoms with Crippen LogP contribution < -0.4 is 5.32 Å².